The van der Waals surface area contributed by atoms with E-state index in [-0.39, 0.29) is 18.2 Å². The molecule has 1 fully saturated rings. The van der Waals surface area contributed by atoms with E-state index in [0.29, 0.717) is 17.0 Å². The number of imidazole rings is 1. The number of fused-ring (bicyclic) bond motifs is 1. The van der Waals surface area contributed by atoms with Crippen LogP contribution in [0.15, 0.2) is 91.5 Å². The van der Waals surface area contributed by atoms with Crippen LogP contribution in [0.3, 0.4) is 0 Å². The number of benzene rings is 3. The Morgan fingerprint density at radius 1 is 0.885 bits per heavy atom. The van der Waals surface area contributed by atoms with Crippen LogP contribution in [0.4, 0.5) is 5.82 Å². The molecule has 11 nitrogen and oxygen atoms in total. The van der Waals surface area contributed by atoms with Crippen molar-refractivity contribution in [3.8, 4) is 23.8 Å². The topological polar surface area (TPSA) is 122 Å². The normalized spacial score (nSPS) is 19.4. The van der Waals surface area contributed by atoms with Gasteiger partial charge in [0.05, 0.1) is 33.7 Å². The van der Waals surface area contributed by atoms with Crippen LogP contribution in [0.5, 0.6) is 11.5 Å². The average Bonchev–Trinajstić information content (AvgIpc) is 3.72. The summed E-state index contributed by atoms with van der Waals surface area (Å²) in [4.78, 5) is 13.5. The number of methoxy groups -OCH3 is 2. The third-order valence-electron chi connectivity index (χ3n) is 10.2. The van der Waals surface area contributed by atoms with Crippen LogP contribution in [0.2, 0.25) is 18.1 Å². The summed E-state index contributed by atoms with van der Waals surface area (Å²) in [7, 11) is 0.847. The lowest BCUT2D eigenvalue weighted by atomic mass is 9.80. The van der Waals surface area contributed by atoms with Gasteiger partial charge in [-0.05, 0) is 59.1 Å². The first kappa shape index (κ1) is 37.0. The molecule has 0 unspecified atom stereocenters. The van der Waals surface area contributed by atoms with Crippen LogP contribution in [-0.2, 0) is 19.5 Å². The summed E-state index contributed by atoms with van der Waals surface area (Å²) >= 11 is 0. The van der Waals surface area contributed by atoms with E-state index >= 15 is 0 Å². The van der Waals surface area contributed by atoms with Crippen LogP contribution in [-0.4, -0.2) is 78.6 Å². The number of nitrogens with one attached hydrogen (secondary N) is 1. The van der Waals surface area contributed by atoms with Gasteiger partial charge in [-0.1, -0.05) is 81.3 Å². The SMILES string of the molecule is C#CCNc1ncnc2c1ncn2[C@@H]1O[C@H](COC(c2ccccc2)(c2ccc(OC)cc2)c2ccc(OC)cc2)[C@@H](O)[C@H]1O[Si](C)(C)C(C)(C)C. The van der Waals surface area contributed by atoms with Crippen molar-refractivity contribution in [3.63, 3.8) is 0 Å². The molecule has 3 heterocycles. The third-order valence-corrected chi connectivity index (χ3v) is 14.7. The van der Waals surface area contributed by atoms with Gasteiger partial charge < -0.3 is 33.8 Å². The number of nitrogens with zero attached hydrogens (tertiary/aromatic N) is 4. The van der Waals surface area contributed by atoms with Gasteiger partial charge in [-0.2, -0.15) is 0 Å². The van der Waals surface area contributed by atoms with Crippen LogP contribution in [0.25, 0.3) is 11.2 Å². The molecule has 3 aromatic carbocycles. The lowest BCUT2D eigenvalue weighted by molar-refractivity contribution is -0.0940. The summed E-state index contributed by atoms with van der Waals surface area (Å²) in [6.07, 6.45) is 5.22. The van der Waals surface area contributed by atoms with Crippen LogP contribution >= 0.6 is 0 Å². The van der Waals surface area contributed by atoms with E-state index in [1.807, 2.05) is 78.9 Å². The number of aliphatic hydroxyl groups is 1. The maximum absolute atomic E-state index is 12.2. The van der Waals surface area contributed by atoms with Gasteiger partial charge in [0.1, 0.15) is 41.7 Å². The quantitative estimate of drug-likeness (QED) is 0.0787. The molecule has 12 heteroatoms. The summed E-state index contributed by atoms with van der Waals surface area (Å²) in [6.45, 7) is 11.1. The Bertz CT molecular complexity index is 1940. The predicted octanol–water partition coefficient (Wildman–Crippen LogP) is 6.55. The molecule has 0 bridgehead atoms. The number of aliphatic hydroxyl groups excluding tert-OH is 1. The number of anilines is 1. The predicted molar refractivity (Wildman–Crippen MR) is 203 cm³/mol. The highest BCUT2D eigenvalue weighted by Gasteiger charge is 2.52. The molecule has 0 aliphatic carbocycles. The van der Waals surface area contributed by atoms with E-state index < -0.39 is 38.5 Å². The molecule has 272 valence electrons. The minimum atomic E-state index is -2.43. The monoisotopic (exact) mass is 721 g/mol. The van der Waals surface area contributed by atoms with E-state index in [0.717, 1.165) is 28.2 Å². The molecule has 0 amide bonds. The van der Waals surface area contributed by atoms with Gasteiger partial charge in [0, 0.05) is 0 Å². The second kappa shape index (κ2) is 15.1. The number of ether oxygens (including phenoxy) is 4. The van der Waals surface area contributed by atoms with Crippen molar-refractivity contribution in [1.82, 2.24) is 19.5 Å². The Kier molecular flexibility index (Phi) is 10.7. The molecule has 1 aliphatic rings. The minimum absolute atomic E-state index is 0.0125. The number of aromatic nitrogens is 4. The second-order valence-corrected chi connectivity index (χ2v) is 19.1. The maximum atomic E-state index is 12.2. The highest BCUT2D eigenvalue weighted by atomic mass is 28.4. The zero-order valence-corrected chi connectivity index (χ0v) is 31.7. The minimum Gasteiger partial charge on any atom is -0.497 e. The number of rotatable bonds is 13. The fourth-order valence-corrected chi connectivity index (χ4v) is 7.60. The molecule has 0 spiro atoms. The zero-order valence-electron chi connectivity index (χ0n) is 30.7. The Morgan fingerprint density at radius 3 is 2.04 bits per heavy atom. The van der Waals surface area contributed by atoms with Crippen molar-refractivity contribution in [2.24, 2.45) is 0 Å². The molecule has 52 heavy (non-hydrogen) atoms. The molecule has 0 radical (unpaired) electrons. The van der Waals surface area contributed by atoms with E-state index in [2.05, 4.69) is 60.1 Å². The van der Waals surface area contributed by atoms with E-state index in [1.54, 1.807) is 25.1 Å². The van der Waals surface area contributed by atoms with E-state index in [1.165, 1.54) is 6.33 Å². The summed E-state index contributed by atoms with van der Waals surface area (Å²) < 4.78 is 33.7. The summed E-state index contributed by atoms with van der Waals surface area (Å²) in [6, 6.07) is 25.7. The van der Waals surface area contributed by atoms with Gasteiger partial charge in [0.25, 0.3) is 0 Å². The first-order valence-corrected chi connectivity index (χ1v) is 20.2. The highest BCUT2D eigenvalue weighted by Crippen LogP contribution is 2.45. The highest BCUT2D eigenvalue weighted by molar-refractivity contribution is 6.74. The summed E-state index contributed by atoms with van der Waals surface area (Å²) in [5, 5.41) is 15.2. The van der Waals surface area contributed by atoms with Gasteiger partial charge in [0.15, 0.2) is 31.5 Å². The van der Waals surface area contributed by atoms with Crippen LogP contribution in [0.1, 0.15) is 43.7 Å². The maximum Gasteiger partial charge on any atom is 0.192 e. The van der Waals surface area contributed by atoms with Crippen molar-refractivity contribution in [2.45, 2.75) is 69.0 Å². The number of terminal acetylenes is 1. The molecule has 1 aliphatic heterocycles. The molecule has 2 N–H and O–H groups in total. The van der Waals surface area contributed by atoms with Crippen molar-refractivity contribution >= 4 is 25.3 Å². The van der Waals surface area contributed by atoms with Crippen molar-refractivity contribution < 1.29 is 28.5 Å². The molecule has 5 aromatic rings. The Hall–Kier alpha value is -4.77. The lowest BCUT2D eigenvalue weighted by Gasteiger charge is -2.40. The van der Waals surface area contributed by atoms with Crippen LogP contribution < -0.4 is 14.8 Å². The zero-order chi connectivity index (χ0) is 37.1. The molecule has 4 atom stereocenters. The first-order valence-electron chi connectivity index (χ1n) is 17.3. The largest absolute Gasteiger partial charge is 0.497 e. The summed E-state index contributed by atoms with van der Waals surface area (Å²) in [5.41, 5.74) is 2.58. The Labute approximate surface area is 306 Å². The van der Waals surface area contributed by atoms with Crippen molar-refractivity contribution in [2.75, 3.05) is 32.7 Å². The fraction of sp³-hybridized carbons (Fsp3) is 0.375. The lowest BCUT2D eigenvalue weighted by Crippen LogP contribution is -2.49. The van der Waals surface area contributed by atoms with Gasteiger partial charge in [-0.25, -0.2) is 15.0 Å². The molecule has 1 saturated heterocycles. The second-order valence-electron chi connectivity index (χ2n) is 14.3. The van der Waals surface area contributed by atoms with Gasteiger partial charge in [-0.15, -0.1) is 6.42 Å². The molecule has 0 saturated carbocycles. The van der Waals surface area contributed by atoms with E-state index in [4.69, 9.17) is 29.8 Å². The molecular weight excluding hydrogens is 675 g/mol. The fourth-order valence-electron chi connectivity index (χ4n) is 6.31. The standard InChI is InChI=1S/C40H47N5O6Si/c1-9-23-41-36-33-37(43-25-42-36)45(26-44-33)38-35(51-52(7,8)39(2,3)4)34(46)32(50-38)24-49-40(27-13-11-10-12-14-27,28-15-19-30(47-5)20-16-28)29-17-21-31(48-6)22-18-29/h1,10-22,25-26,32,34-35,38,46H,23-24H2,2-8H3,(H,41,42,43)/t32-,34-,35-,38-/m1/s1. The van der Waals surface area contributed by atoms with Crippen LogP contribution in [0, 0.1) is 12.3 Å². The Balaban J connectivity index is 1.43. The number of hydrogen-bond donors (Lipinski definition) is 2. The van der Waals surface area contributed by atoms with E-state index in [9.17, 15) is 5.11 Å². The first-order chi connectivity index (χ1) is 24.9. The molecular formula is C40H47N5O6Si. The van der Waals surface area contributed by atoms with Gasteiger partial charge in [0.2, 0.25) is 0 Å². The van der Waals surface area contributed by atoms with Gasteiger partial charge in [-0.3, -0.25) is 4.57 Å². The van der Waals surface area contributed by atoms with Crippen molar-refractivity contribution in [1.29, 1.82) is 0 Å². The third kappa shape index (κ3) is 7.02. The van der Waals surface area contributed by atoms with Crippen molar-refractivity contribution in [3.05, 3.63) is 108 Å². The average molecular weight is 722 g/mol. The smallest absolute Gasteiger partial charge is 0.192 e. The molecule has 2 aromatic heterocycles. The number of hydrogen-bond acceptors (Lipinski definition) is 10. The Morgan fingerprint density at radius 2 is 1.48 bits per heavy atom. The van der Waals surface area contributed by atoms with Gasteiger partial charge >= 0.3 is 0 Å². The molecule has 6 rings (SSSR count). The summed E-state index contributed by atoms with van der Waals surface area (Å²) in [5.74, 6) is 4.52.